The summed E-state index contributed by atoms with van der Waals surface area (Å²) in [6.07, 6.45) is 3.22. The molecule has 1 aromatic heterocycles. The Balaban J connectivity index is 2.41. The Bertz CT molecular complexity index is 774. The number of rotatable bonds is 3. The Morgan fingerprint density at radius 2 is 2.00 bits per heavy atom. The van der Waals surface area contributed by atoms with Crippen molar-refractivity contribution in [2.24, 2.45) is 0 Å². The van der Waals surface area contributed by atoms with Crippen molar-refractivity contribution < 1.29 is 14.4 Å². The van der Waals surface area contributed by atoms with E-state index in [1.165, 1.54) is 17.5 Å². The minimum absolute atomic E-state index is 0.172. The van der Waals surface area contributed by atoms with E-state index in [0.717, 1.165) is 4.88 Å². The van der Waals surface area contributed by atoms with Crippen LogP contribution in [0.4, 0.5) is 9.80 Å². The number of piperazine rings is 1. The number of anilines is 1. The highest BCUT2D eigenvalue weighted by atomic mass is 32.1. The van der Waals surface area contributed by atoms with Crippen molar-refractivity contribution in [3.63, 3.8) is 0 Å². The van der Waals surface area contributed by atoms with Crippen LogP contribution in [0.15, 0.2) is 18.3 Å². The first kappa shape index (κ1) is 21.0. The summed E-state index contributed by atoms with van der Waals surface area (Å²) in [4.78, 5) is 40.2. The second-order valence-corrected chi connectivity index (χ2v) is 9.03. The number of allylic oxidation sites excluding steroid dienone is 1. The second kappa shape index (κ2) is 7.72. The number of carbonyl (C=O) groups excluding carboxylic acids is 3. The molecule has 8 heteroatoms. The molecule has 2 rings (SSSR count). The number of nitrogens with one attached hydrogen (secondary N) is 3. The van der Waals surface area contributed by atoms with Crippen molar-refractivity contribution >= 4 is 34.2 Å². The van der Waals surface area contributed by atoms with E-state index >= 15 is 0 Å². The van der Waals surface area contributed by atoms with Crippen molar-refractivity contribution in [2.75, 3.05) is 18.4 Å². The molecule has 0 aliphatic carbocycles. The van der Waals surface area contributed by atoms with Gasteiger partial charge in [-0.2, -0.15) is 0 Å². The Kier molecular flexibility index (Phi) is 5.99. The molecule has 4 amide bonds. The molecule has 2 heterocycles. The summed E-state index contributed by atoms with van der Waals surface area (Å²) < 4.78 is 0. The fourth-order valence-corrected chi connectivity index (χ4v) is 3.81. The predicted octanol–water partition coefficient (Wildman–Crippen LogP) is 3.05. The molecular formula is C19H28N4O3S. The van der Waals surface area contributed by atoms with Crippen molar-refractivity contribution in [2.45, 2.75) is 52.5 Å². The maximum Gasteiger partial charge on any atom is 0.323 e. The molecule has 0 saturated carbocycles. The quantitative estimate of drug-likeness (QED) is 0.738. The van der Waals surface area contributed by atoms with Crippen LogP contribution in [0.3, 0.4) is 0 Å². The molecule has 0 aromatic carbocycles. The van der Waals surface area contributed by atoms with Crippen LogP contribution in [-0.4, -0.2) is 41.4 Å². The lowest BCUT2D eigenvalue weighted by Gasteiger charge is -2.41. The van der Waals surface area contributed by atoms with Gasteiger partial charge in [-0.25, -0.2) is 4.79 Å². The van der Waals surface area contributed by atoms with Crippen molar-refractivity contribution in [1.29, 1.82) is 0 Å². The number of amides is 4. The van der Waals surface area contributed by atoms with Gasteiger partial charge in [0, 0.05) is 24.2 Å². The fraction of sp³-hybridized carbons (Fsp3) is 0.526. The van der Waals surface area contributed by atoms with Crippen LogP contribution in [0, 0.1) is 0 Å². The zero-order chi connectivity index (χ0) is 20.4. The highest BCUT2D eigenvalue weighted by Crippen LogP contribution is 2.37. The van der Waals surface area contributed by atoms with Crippen molar-refractivity contribution in [3.05, 3.63) is 28.8 Å². The smallest absolute Gasteiger partial charge is 0.323 e. The number of nitrogens with zero attached hydrogens (tertiary/aromatic N) is 1. The number of hydrogen-bond donors (Lipinski definition) is 3. The van der Waals surface area contributed by atoms with Gasteiger partial charge in [0.05, 0.1) is 5.56 Å². The monoisotopic (exact) mass is 392 g/mol. The summed E-state index contributed by atoms with van der Waals surface area (Å²) in [6.45, 7) is 12.2. The third kappa shape index (κ3) is 4.50. The highest BCUT2D eigenvalue weighted by Gasteiger charge is 2.41. The lowest BCUT2D eigenvalue weighted by Crippen LogP contribution is -2.63. The third-order valence-electron chi connectivity index (χ3n) is 4.41. The van der Waals surface area contributed by atoms with Crippen molar-refractivity contribution in [3.8, 4) is 0 Å². The lowest BCUT2D eigenvalue weighted by molar-refractivity contribution is -0.133. The summed E-state index contributed by atoms with van der Waals surface area (Å²) in [6, 6.07) is 1.40. The molecule has 1 saturated heterocycles. The summed E-state index contributed by atoms with van der Waals surface area (Å²) in [5.74, 6) is -0.448. The molecule has 0 spiro atoms. The Labute approximate surface area is 164 Å². The number of urea groups is 1. The molecule has 0 bridgehead atoms. The largest absolute Gasteiger partial charge is 0.352 e. The van der Waals surface area contributed by atoms with E-state index in [1.54, 1.807) is 31.7 Å². The molecule has 148 valence electrons. The first-order valence-corrected chi connectivity index (χ1v) is 9.73. The van der Waals surface area contributed by atoms with E-state index in [-0.39, 0.29) is 17.2 Å². The zero-order valence-electron chi connectivity index (χ0n) is 16.7. The average Bonchev–Trinajstić information content (AvgIpc) is 2.99. The van der Waals surface area contributed by atoms with Gasteiger partial charge in [0.1, 0.15) is 10.5 Å². The minimum atomic E-state index is -0.955. The SMILES string of the molecule is CC=CNC(=O)Nc1sc(C(C)(C)C)cc1C(=O)N1CCNC(=O)C1(C)C. The highest BCUT2D eigenvalue weighted by molar-refractivity contribution is 7.16. The van der Waals surface area contributed by atoms with E-state index in [4.69, 9.17) is 0 Å². The molecule has 7 nitrogen and oxygen atoms in total. The first-order chi connectivity index (χ1) is 12.5. The molecule has 1 aromatic rings. The normalized spacial score (nSPS) is 17.0. The summed E-state index contributed by atoms with van der Waals surface area (Å²) in [5.41, 5.74) is -0.721. The van der Waals surface area contributed by atoms with Crippen LogP contribution in [0.25, 0.3) is 0 Å². The van der Waals surface area contributed by atoms with E-state index in [2.05, 4.69) is 36.7 Å². The topological polar surface area (TPSA) is 90.5 Å². The van der Waals surface area contributed by atoms with Gasteiger partial charge in [-0.1, -0.05) is 26.8 Å². The predicted molar refractivity (Wildman–Crippen MR) is 108 cm³/mol. The van der Waals surface area contributed by atoms with E-state index < -0.39 is 11.6 Å². The van der Waals surface area contributed by atoms with Gasteiger partial charge >= 0.3 is 6.03 Å². The van der Waals surface area contributed by atoms with Crippen LogP contribution >= 0.6 is 11.3 Å². The number of hydrogen-bond acceptors (Lipinski definition) is 4. The van der Waals surface area contributed by atoms with Gasteiger partial charge in [-0.15, -0.1) is 11.3 Å². The van der Waals surface area contributed by atoms with Crippen LogP contribution < -0.4 is 16.0 Å². The van der Waals surface area contributed by atoms with Gasteiger partial charge in [0.2, 0.25) is 5.91 Å². The lowest BCUT2D eigenvalue weighted by atomic mass is 9.93. The molecule has 0 unspecified atom stereocenters. The van der Waals surface area contributed by atoms with E-state index in [0.29, 0.717) is 23.7 Å². The number of thiophene rings is 1. The maximum absolute atomic E-state index is 13.3. The van der Waals surface area contributed by atoms with Crippen LogP contribution in [0.2, 0.25) is 0 Å². The van der Waals surface area contributed by atoms with Crippen LogP contribution in [0.1, 0.15) is 56.8 Å². The molecule has 1 aliphatic heterocycles. The van der Waals surface area contributed by atoms with Crippen LogP contribution in [-0.2, 0) is 10.2 Å². The summed E-state index contributed by atoms with van der Waals surface area (Å²) in [7, 11) is 0. The van der Waals surface area contributed by atoms with Gasteiger partial charge in [-0.3, -0.25) is 14.9 Å². The Hall–Kier alpha value is -2.35. The van der Waals surface area contributed by atoms with Crippen molar-refractivity contribution in [1.82, 2.24) is 15.5 Å². The maximum atomic E-state index is 13.3. The Morgan fingerprint density at radius 1 is 1.33 bits per heavy atom. The van der Waals surface area contributed by atoms with Gasteiger partial charge in [0.25, 0.3) is 5.91 Å². The minimum Gasteiger partial charge on any atom is -0.352 e. The average molecular weight is 393 g/mol. The van der Waals surface area contributed by atoms with Gasteiger partial charge in [0.15, 0.2) is 0 Å². The Morgan fingerprint density at radius 3 is 2.59 bits per heavy atom. The molecule has 1 aliphatic rings. The molecule has 3 N–H and O–H groups in total. The third-order valence-corrected chi connectivity index (χ3v) is 5.88. The van der Waals surface area contributed by atoms with Gasteiger partial charge in [-0.05, 0) is 32.3 Å². The molecule has 27 heavy (non-hydrogen) atoms. The molecular weight excluding hydrogens is 364 g/mol. The molecule has 1 fully saturated rings. The summed E-state index contributed by atoms with van der Waals surface area (Å²) >= 11 is 1.38. The number of carbonyl (C=O) groups is 3. The standard InChI is InChI=1S/C19H28N4O3S/c1-7-8-21-17(26)22-14-12(11-13(27-14)18(2,3)4)15(24)23-10-9-20-16(25)19(23,5)6/h7-8,11H,9-10H2,1-6H3,(H,20,25)(H2,21,22,26). The van der Waals surface area contributed by atoms with E-state index in [9.17, 15) is 14.4 Å². The first-order valence-electron chi connectivity index (χ1n) is 8.91. The molecule has 0 radical (unpaired) electrons. The fourth-order valence-electron chi connectivity index (χ4n) is 2.71. The second-order valence-electron chi connectivity index (χ2n) is 7.97. The van der Waals surface area contributed by atoms with Crippen LogP contribution in [0.5, 0.6) is 0 Å². The van der Waals surface area contributed by atoms with Gasteiger partial charge < -0.3 is 15.5 Å². The zero-order valence-corrected chi connectivity index (χ0v) is 17.5. The molecule has 0 atom stereocenters. The summed E-state index contributed by atoms with van der Waals surface area (Å²) in [5, 5.41) is 8.62. The van der Waals surface area contributed by atoms with E-state index in [1.807, 2.05) is 6.07 Å².